The van der Waals surface area contributed by atoms with Crippen molar-refractivity contribution in [3.8, 4) is 5.75 Å². The van der Waals surface area contributed by atoms with Crippen LogP contribution < -0.4 is 15.0 Å². The van der Waals surface area contributed by atoms with Gasteiger partial charge in [-0.1, -0.05) is 36.4 Å². The lowest BCUT2D eigenvalue weighted by Gasteiger charge is -2.28. The Morgan fingerprint density at radius 2 is 1.65 bits per heavy atom. The highest BCUT2D eigenvalue weighted by Crippen LogP contribution is 2.61. The molecule has 1 heterocycles. The highest BCUT2D eigenvalue weighted by Gasteiger charge is 2.64. The summed E-state index contributed by atoms with van der Waals surface area (Å²) in [5.74, 6) is -0.935. The second-order valence-electron chi connectivity index (χ2n) is 10.6. The van der Waals surface area contributed by atoms with E-state index in [1.165, 1.54) is 22.6 Å². The number of benzene rings is 3. The molecule has 2 saturated carbocycles. The molecule has 3 amide bonds. The topological polar surface area (TPSA) is 102 Å². The van der Waals surface area contributed by atoms with Gasteiger partial charge in [0.25, 0.3) is 5.91 Å². The van der Waals surface area contributed by atoms with Crippen LogP contribution in [0.4, 0.5) is 11.4 Å². The van der Waals surface area contributed by atoms with E-state index in [2.05, 4.69) is 17.4 Å². The molecule has 0 spiro atoms. The largest absolute Gasteiger partial charge is 0.494 e. The molecular weight excluding hydrogens is 508 g/mol. The number of hydrogen-bond acceptors (Lipinski definition) is 6. The van der Waals surface area contributed by atoms with E-state index in [-0.39, 0.29) is 47.0 Å². The zero-order chi connectivity index (χ0) is 27.8. The summed E-state index contributed by atoms with van der Waals surface area (Å²) in [6.07, 6.45) is 1.80. The van der Waals surface area contributed by atoms with Gasteiger partial charge in [-0.15, -0.1) is 0 Å². The Balaban J connectivity index is 1.11. The van der Waals surface area contributed by atoms with Crippen molar-refractivity contribution in [2.24, 2.45) is 23.7 Å². The van der Waals surface area contributed by atoms with Crippen LogP contribution in [0, 0.1) is 23.7 Å². The zero-order valence-corrected chi connectivity index (χ0v) is 22.1. The normalized spacial score (nSPS) is 24.6. The number of imide groups is 1. The Kier molecular flexibility index (Phi) is 6.84. The second kappa shape index (κ2) is 10.6. The first-order valence-corrected chi connectivity index (χ1v) is 13.7. The van der Waals surface area contributed by atoms with E-state index < -0.39 is 18.5 Å². The average molecular weight is 539 g/mol. The third-order valence-corrected chi connectivity index (χ3v) is 8.37. The molecule has 8 heteroatoms. The summed E-state index contributed by atoms with van der Waals surface area (Å²) in [4.78, 5) is 53.4. The van der Waals surface area contributed by atoms with Crippen molar-refractivity contribution in [1.82, 2.24) is 0 Å². The lowest BCUT2D eigenvalue weighted by Crippen LogP contribution is -2.33. The van der Waals surface area contributed by atoms with Crippen LogP contribution in [-0.4, -0.2) is 36.9 Å². The van der Waals surface area contributed by atoms with E-state index in [0.29, 0.717) is 23.7 Å². The smallest absolute Gasteiger partial charge is 0.338 e. The van der Waals surface area contributed by atoms with Gasteiger partial charge in [0.05, 0.1) is 29.7 Å². The van der Waals surface area contributed by atoms with Crippen LogP contribution in [0.2, 0.25) is 0 Å². The first-order valence-electron chi connectivity index (χ1n) is 13.7. The molecule has 8 nitrogen and oxygen atoms in total. The van der Waals surface area contributed by atoms with E-state index in [1.54, 1.807) is 36.4 Å². The molecule has 1 aliphatic heterocycles. The van der Waals surface area contributed by atoms with Crippen molar-refractivity contribution in [3.63, 3.8) is 0 Å². The summed E-state index contributed by atoms with van der Waals surface area (Å²) in [5, 5.41) is 2.67. The second-order valence-corrected chi connectivity index (χ2v) is 10.6. The number of amides is 3. The zero-order valence-electron chi connectivity index (χ0n) is 22.1. The molecule has 0 unspecified atom stereocenters. The number of anilines is 2. The predicted molar refractivity (Wildman–Crippen MR) is 148 cm³/mol. The summed E-state index contributed by atoms with van der Waals surface area (Å²) in [6.45, 7) is 1.95. The molecule has 1 N–H and O–H groups in total. The lowest BCUT2D eigenvalue weighted by molar-refractivity contribution is -0.123. The van der Waals surface area contributed by atoms with Gasteiger partial charge in [-0.2, -0.15) is 0 Å². The van der Waals surface area contributed by atoms with Crippen LogP contribution in [-0.2, 0) is 19.1 Å². The predicted octanol–water partition coefficient (Wildman–Crippen LogP) is 4.81. The van der Waals surface area contributed by atoms with Gasteiger partial charge < -0.3 is 14.8 Å². The number of esters is 1. The minimum Gasteiger partial charge on any atom is -0.494 e. The molecule has 3 aromatic carbocycles. The third-order valence-electron chi connectivity index (χ3n) is 8.37. The molecule has 204 valence electrons. The van der Waals surface area contributed by atoms with E-state index >= 15 is 0 Å². The maximum atomic E-state index is 13.6. The minimum absolute atomic E-state index is 0.140. The number of carbonyl (C=O) groups excluding carboxylic acids is 4. The molecule has 1 saturated heterocycles. The molecule has 0 radical (unpaired) electrons. The van der Waals surface area contributed by atoms with Gasteiger partial charge in [0.15, 0.2) is 6.61 Å². The van der Waals surface area contributed by atoms with Crippen LogP contribution in [0.3, 0.4) is 0 Å². The van der Waals surface area contributed by atoms with Crippen LogP contribution >= 0.6 is 0 Å². The molecular formula is C32H30N2O6. The summed E-state index contributed by atoms with van der Waals surface area (Å²) >= 11 is 0. The number of carbonyl (C=O) groups is 4. The van der Waals surface area contributed by atoms with Crippen molar-refractivity contribution in [2.75, 3.05) is 23.4 Å². The fraction of sp³-hybridized carbons (Fsp3) is 0.312. The first kappa shape index (κ1) is 25.8. The minimum atomic E-state index is -0.716. The van der Waals surface area contributed by atoms with Gasteiger partial charge >= 0.3 is 5.97 Å². The summed E-state index contributed by atoms with van der Waals surface area (Å²) in [7, 11) is 0. The SMILES string of the molecule is CCOc1ccc(NC(=O)COC(=O)c2cccc(N3C(=O)[C@@H]4[C@@H]5C[C@@H]([C@@H]4C3=O)[C@H](c3ccccc3)C5)c2)cc1. The maximum Gasteiger partial charge on any atom is 0.338 e. The van der Waals surface area contributed by atoms with Crippen LogP contribution in [0.5, 0.6) is 5.75 Å². The van der Waals surface area contributed by atoms with Crippen LogP contribution in [0.15, 0.2) is 78.9 Å². The summed E-state index contributed by atoms with van der Waals surface area (Å²) in [6, 6.07) is 23.4. The van der Waals surface area contributed by atoms with Crippen molar-refractivity contribution in [2.45, 2.75) is 25.7 Å². The van der Waals surface area contributed by atoms with Gasteiger partial charge in [0.2, 0.25) is 11.8 Å². The fourth-order valence-electron chi connectivity index (χ4n) is 6.78. The fourth-order valence-corrected chi connectivity index (χ4v) is 6.78. The summed E-state index contributed by atoms with van der Waals surface area (Å²) in [5.41, 5.74) is 2.29. The van der Waals surface area contributed by atoms with Crippen LogP contribution in [0.25, 0.3) is 0 Å². The molecule has 0 aromatic heterocycles. The van der Waals surface area contributed by atoms with Gasteiger partial charge in [0, 0.05) is 5.69 Å². The van der Waals surface area contributed by atoms with E-state index in [9.17, 15) is 19.2 Å². The Hall–Kier alpha value is -4.46. The number of nitrogens with zero attached hydrogens (tertiary/aromatic N) is 1. The molecule has 2 bridgehead atoms. The Bertz CT molecular complexity index is 1450. The van der Waals surface area contributed by atoms with E-state index in [1.807, 2.05) is 25.1 Å². The van der Waals surface area contributed by atoms with E-state index in [0.717, 1.165) is 12.8 Å². The van der Waals surface area contributed by atoms with E-state index in [4.69, 9.17) is 9.47 Å². The molecule has 3 aliphatic rings. The monoisotopic (exact) mass is 538 g/mol. The van der Waals surface area contributed by atoms with Crippen molar-refractivity contribution in [1.29, 1.82) is 0 Å². The average Bonchev–Trinajstić information content (AvgIpc) is 3.64. The first-order chi connectivity index (χ1) is 19.4. The van der Waals surface area contributed by atoms with Gasteiger partial charge in [-0.25, -0.2) is 4.79 Å². The Labute approximate surface area is 232 Å². The Morgan fingerprint density at radius 1 is 0.900 bits per heavy atom. The van der Waals surface area contributed by atoms with Gasteiger partial charge in [0.1, 0.15) is 5.75 Å². The molecule has 6 rings (SSSR count). The molecule has 3 fully saturated rings. The number of ether oxygens (including phenoxy) is 2. The maximum absolute atomic E-state index is 13.6. The third kappa shape index (κ3) is 4.63. The highest BCUT2D eigenvalue weighted by atomic mass is 16.5. The van der Waals surface area contributed by atoms with Gasteiger partial charge in [-0.3, -0.25) is 19.3 Å². The van der Waals surface area contributed by atoms with Crippen molar-refractivity contribution >= 4 is 35.1 Å². The molecule has 40 heavy (non-hydrogen) atoms. The molecule has 2 aliphatic carbocycles. The molecule has 5 atom stereocenters. The number of hydrogen-bond donors (Lipinski definition) is 1. The highest BCUT2D eigenvalue weighted by molar-refractivity contribution is 6.23. The number of nitrogens with one attached hydrogen (secondary N) is 1. The summed E-state index contributed by atoms with van der Waals surface area (Å²) < 4.78 is 10.6. The van der Waals surface area contributed by atoms with Crippen molar-refractivity contribution < 1.29 is 28.7 Å². The standard InChI is InChI=1S/C32H30N2O6/c1-2-39-24-13-11-22(12-14-24)33-27(35)18-40-32(38)20-9-6-10-23(15-20)34-30(36)28-21-16-25(19-7-4-3-5-8-19)26(17-21)29(28)31(34)37/h3-15,21,25-26,28-29H,2,16-18H2,1H3,(H,33,35)/t21-,25-,26+,28+,29-/m0/s1. The number of fused-ring (bicyclic) bond motifs is 5. The molecule has 3 aromatic rings. The van der Waals surface area contributed by atoms with Gasteiger partial charge in [-0.05, 0) is 85.5 Å². The quantitative estimate of drug-likeness (QED) is 0.326. The Morgan fingerprint density at radius 3 is 2.40 bits per heavy atom. The van der Waals surface area contributed by atoms with Crippen LogP contribution in [0.1, 0.15) is 41.6 Å². The van der Waals surface area contributed by atoms with Crippen molar-refractivity contribution in [3.05, 3.63) is 90.0 Å². The number of rotatable bonds is 8. The lowest BCUT2D eigenvalue weighted by atomic mass is 9.73.